The number of nitrogens with zero attached hydrogens (tertiary/aromatic N) is 5. The summed E-state index contributed by atoms with van der Waals surface area (Å²) in [6, 6.07) is 9.91. The Balaban J connectivity index is 1.34. The van der Waals surface area contributed by atoms with Crippen molar-refractivity contribution < 1.29 is 9.18 Å². The minimum atomic E-state index is -0.275. The minimum Gasteiger partial charge on any atom is -0.355 e. The fraction of sp³-hybridized carbons (Fsp3) is 0.368. The molecule has 0 bridgehead atoms. The first kappa shape index (κ1) is 17.4. The Morgan fingerprint density at radius 2 is 1.93 bits per heavy atom. The minimum absolute atomic E-state index is 0.0252. The molecule has 27 heavy (non-hydrogen) atoms. The molecule has 3 heterocycles. The Morgan fingerprint density at radius 3 is 2.67 bits per heavy atom. The van der Waals surface area contributed by atoms with Crippen LogP contribution in [0.25, 0.3) is 5.65 Å². The quantitative estimate of drug-likeness (QED) is 0.765. The largest absolute Gasteiger partial charge is 0.355 e. The molecule has 1 aliphatic rings. The SMILES string of the molecule is C[C@H](NC(=O)C1CCN(c2ccc3nncn3n2)CC1)c1ccc(F)cc1. The molecule has 1 N–H and O–H groups in total. The zero-order valence-corrected chi connectivity index (χ0v) is 15.0. The number of fused-ring (bicyclic) bond motifs is 1. The number of aromatic nitrogens is 4. The van der Waals surface area contributed by atoms with Crippen LogP contribution in [0, 0.1) is 11.7 Å². The van der Waals surface area contributed by atoms with Crippen LogP contribution in [0.4, 0.5) is 10.2 Å². The van der Waals surface area contributed by atoms with Gasteiger partial charge in [0.2, 0.25) is 5.91 Å². The molecule has 3 aromatic rings. The second-order valence-electron chi connectivity index (χ2n) is 6.87. The monoisotopic (exact) mass is 368 g/mol. The zero-order chi connectivity index (χ0) is 18.8. The second-order valence-corrected chi connectivity index (χ2v) is 6.87. The van der Waals surface area contributed by atoms with Crippen molar-refractivity contribution in [3.63, 3.8) is 0 Å². The van der Waals surface area contributed by atoms with Crippen LogP contribution in [0.5, 0.6) is 0 Å². The number of carbonyl (C=O) groups is 1. The third kappa shape index (κ3) is 3.74. The van der Waals surface area contributed by atoms with Crippen molar-refractivity contribution in [1.29, 1.82) is 0 Å². The van der Waals surface area contributed by atoms with E-state index >= 15 is 0 Å². The van der Waals surface area contributed by atoms with Gasteiger partial charge in [-0.1, -0.05) is 12.1 Å². The summed E-state index contributed by atoms with van der Waals surface area (Å²) < 4.78 is 14.7. The standard InChI is InChI=1S/C19H21FN6O/c1-13(14-2-4-16(20)5-3-14)22-19(27)15-8-10-25(11-9-15)18-7-6-17-23-21-12-26(17)24-18/h2-7,12-13,15H,8-11H2,1H3,(H,22,27)/t13-/m0/s1. The number of rotatable bonds is 4. The molecule has 0 aliphatic carbocycles. The van der Waals surface area contributed by atoms with E-state index in [1.165, 1.54) is 12.1 Å². The molecule has 1 saturated heterocycles. The van der Waals surface area contributed by atoms with Crippen LogP contribution in [0.1, 0.15) is 31.4 Å². The van der Waals surface area contributed by atoms with Crippen LogP contribution in [-0.4, -0.2) is 38.8 Å². The third-order valence-electron chi connectivity index (χ3n) is 5.07. The fourth-order valence-corrected chi connectivity index (χ4v) is 3.42. The molecule has 4 rings (SSSR count). The summed E-state index contributed by atoms with van der Waals surface area (Å²) in [6.07, 6.45) is 3.11. The molecule has 1 amide bonds. The van der Waals surface area contributed by atoms with Gasteiger partial charge in [-0.15, -0.1) is 15.3 Å². The Hall–Kier alpha value is -3.03. The lowest BCUT2D eigenvalue weighted by atomic mass is 9.95. The molecule has 140 valence electrons. The molecule has 7 nitrogen and oxygen atoms in total. The van der Waals surface area contributed by atoms with Crippen LogP contribution >= 0.6 is 0 Å². The molecule has 8 heteroatoms. The highest BCUT2D eigenvalue weighted by Gasteiger charge is 2.26. The molecule has 0 spiro atoms. The average Bonchev–Trinajstić information content (AvgIpc) is 3.16. The zero-order valence-electron chi connectivity index (χ0n) is 15.0. The van der Waals surface area contributed by atoms with Gasteiger partial charge in [-0.3, -0.25) is 4.79 Å². The van der Waals surface area contributed by atoms with Gasteiger partial charge in [0.25, 0.3) is 0 Å². The molecule has 1 atom stereocenters. The van der Waals surface area contributed by atoms with Gasteiger partial charge in [0.15, 0.2) is 5.65 Å². The highest BCUT2D eigenvalue weighted by molar-refractivity contribution is 5.79. The van der Waals surface area contributed by atoms with Gasteiger partial charge in [-0.25, -0.2) is 4.39 Å². The topological polar surface area (TPSA) is 75.4 Å². The summed E-state index contributed by atoms with van der Waals surface area (Å²) in [5.41, 5.74) is 1.61. The molecule has 1 aliphatic heterocycles. The normalized spacial score (nSPS) is 16.4. The van der Waals surface area contributed by atoms with Crippen molar-refractivity contribution in [3.05, 3.63) is 54.1 Å². The number of amides is 1. The average molecular weight is 368 g/mol. The van der Waals surface area contributed by atoms with Crippen LogP contribution in [-0.2, 0) is 4.79 Å². The molecular formula is C19H21FN6O. The molecule has 0 unspecified atom stereocenters. The van der Waals surface area contributed by atoms with E-state index in [2.05, 4.69) is 25.5 Å². The summed E-state index contributed by atoms with van der Waals surface area (Å²) in [4.78, 5) is 14.8. The lowest BCUT2D eigenvalue weighted by Crippen LogP contribution is -2.41. The lowest BCUT2D eigenvalue weighted by molar-refractivity contribution is -0.126. The second kappa shape index (κ2) is 7.30. The van der Waals surface area contributed by atoms with Crippen LogP contribution in [0.15, 0.2) is 42.7 Å². The van der Waals surface area contributed by atoms with Crippen molar-refractivity contribution in [1.82, 2.24) is 25.1 Å². The Morgan fingerprint density at radius 1 is 1.19 bits per heavy atom. The Labute approximate surface area is 156 Å². The van der Waals surface area contributed by atoms with Crippen LogP contribution < -0.4 is 10.2 Å². The summed E-state index contributed by atoms with van der Waals surface area (Å²) in [5, 5.41) is 15.3. The molecule has 2 aromatic heterocycles. The first-order valence-electron chi connectivity index (χ1n) is 9.08. The number of hydrogen-bond acceptors (Lipinski definition) is 5. The highest BCUT2D eigenvalue weighted by Crippen LogP contribution is 2.23. The van der Waals surface area contributed by atoms with Gasteiger partial charge >= 0.3 is 0 Å². The van der Waals surface area contributed by atoms with Gasteiger partial charge in [0, 0.05) is 19.0 Å². The number of nitrogens with one attached hydrogen (secondary N) is 1. The summed E-state index contributed by atoms with van der Waals surface area (Å²) in [5.74, 6) is 0.611. The van der Waals surface area contributed by atoms with Crippen LogP contribution in [0.2, 0.25) is 0 Å². The maximum atomic E-state index is 13.0. The smallest absolute Gasteiger partial charge is 0.223 e. The Bertz CT molecular complexity index is 933. The van der Waals surface area contributed by atoms with E-state index in [0.717, 1.165) is 37.3 Å². The molecular weight excluding hydrogens is 347 g/mol. The van der Waals surface area contributed by atoms with E-state index in [1.54, 1.807) is 23.0 Å². The highest BCUT2D eigenvalue weighted by atomic mass is 19.1. The summed E-state index contributed by atoms with van der Waals surface area (Å²) in [6.45, 7) is 3.45. The van der Waals surface area contributed by atoms with Crippen molar-refractivity contribution in [2.45, 2.75) is 25.8 Å². The van der Waals surface area contributed by atoms with Gasteiger partial charge in [-0.05, 0) is 49.6 Å². The van der Waals surface area contributed by atoms with Crippen molar-refractivity contribution in [3.8, 4) is 0 Å². The molecule has 1 aromatic carbocycles. The van der Waals surface area contributed by atoms with Gasteiger partial charge < -0.3 is 10.2 Å². The maximum absolute atomic E-state index is 13.0. The predicted octanol–water partition coefficient (Wildman–Crippen LogP) is 2.36. The third-order valence-corrected chi connectivity index (χ3v) is 5.07. The van der Waals surface area contributed by atoms with Crippen LogP contribution in [0.3, 0.4) is 0 Å². The summed E-state index contributed by atoms with van der Waals surface area (Å²) >= 11 is 0. The molecule has 0 saturated carbocycles. The number of piperidine rings is 1. The van der Waals surface area contributed by atoms with Gasteiger partial charge in [-0.2, -0.15) is 4.52 Å². The van der Waals surface area contributed by atoms with E-state index in [0.29, 0.717) is 5.65 Å². The van der Waals surface area contributed by atoms with Gasteiger partial charge in [0.05, 0.1) is 6.04 Å². The maximum Gasteiger partial charge on any atom is 0.223 e. The first-order valence-corrected chi connectivity index (χ1v) is 9.08. The Kier molecular flexibility index (Phi) is 4.70. The lowest BCUT2D eigenvalue weighted by Gasteiger charge is -2.32. The number of halogens is 1. The number of hydrogen-bond donors (Lipinski definition) is 1. The summed E-state index contributed by atoms with van der Waals surface area (Å²) in [7, 11) is 0. The predicted molar refractivity (Wildman–Crippen MR) is 98.7 cm³/mol. The van der Waals surface area contributed by atoms with Gasteiger partial charge in [0.1, 0.15) is 18.0 Å². The van der Waals surface area contributed by atoms with E-state index in [1.807, 2.05) is 19.1 Å². The van der Waals surface area contributed by atoms with E-state index in [4.69, 9.17) is 0 Å². The van der Waals surface area contributed by atoms with E-state index in [9.17, 15) is 9.18 Å². The van der Waals surface area contributed by atoms with Crippen molar-refractivity contribution in [2.24, 2.45) is 5.92 Å². The first-order chi connectivity index (χ1) is 13.1. The number of carbonyl (C=O) groups excluding carboxylic acids is 1. The van der Waals surface area contributed by atoms with Crippen molar-refractivity contribution in [2.75, 3.05) is 18.0 Å². The van der Waals surface area contributed by atoms with E-state index < -0.39 is 0 Å². The molecule has 1 fully saturated rings. The number of benzene rings is 1. The van der Waals surface area contributed by atoms with E-state index in [-0.39, 0.29) is 23.7 Å². The number of anilines is 1. The molecule has 0 radical (unpaired) electrons. The van der Waals surface area contributed by atoms with Crippen molar-refractivity contribution >= 4 is 17.4 Å². The fourth-order valence-electron chi connectivity index (χ4n) is 3.42.